The highest BCUT2D eigenvalue weighted by molar-refractivity contribution is 6.05. The molecule has 2 aromatic rings. The van der Waals surface area contributed by atoms with E-state index in [1.807, 2.05) is 30.3 Å². The smallest absolute Gasteiger partial charge is 0.286 e. The van der Waals surface area contributed by atoms with E-state index in [0.29, 0.717) is 6.54 Å². The van der Waals surface area contributed by atoms with Crippen molar-refractivity contribution in [1.29, 1.82) is 0 Å². The van der Waals surface area contributed by atoms with E-state index >= 15 is 0 Å². The van der Waals surface area contributed by atoms with Crippen LogP contribution in [0.4, 0.5) is 0 Å². The van der Waals surface area contributed by atoms with Gasteiger partial charge in [-0.15, -0.1) is 0 Å². The van der Waals surface area contributed by atoms with E-state index in [0.717, 1.165) is 5.56 Å². The summed E-state index contributed by atoms with van der Waals surface area (Å²) in [4.78, 5) is 37.8. The summed E-state index contributed by atoms with van der Waals surface area (Å²) in [5.41, 5.74) is -2.43. The fourth-order valence-electron chi connectivity index (χ4n) is 4.44. The third kappa shape index (κ3) is 2.44. The number of benzene rings is 2. The molecule has 1 aliphatic carbocycles. The minimum atomic E-state index is -2.01. The molecule has 2 aliphatic rings. The number of carbonyl (C=O) groups excluding carboxylic acids is 1. The Morgan fingerprint density at radius 1 is 0.889 bits per heavy atom. The summed E-state index contributed by atoms with van der Waals surface area (Å²) < 4.78 is 0. The van der Waals surface area contributed by atoms with Gasteiger partial charge in [-0.3, -0.25) is 29.9 Å². The van der Waals surface area contributed by atoms with E-state index in [4.69, 9.17) is 0 Å². The molecule has 2 atom stereocenters. The fraction of sp³-hybridized carbons (Fsp3) is 0.316. The SMILES string of the molecule is O=C1c2ccccc2C2([N+](=O)[O-])CN(Cc3ccccc3)CC1([N+](=O)[O-])C2. The summed E-state index contributed by atoms with van der Waals surface area (Å²) in [5.74, 6) is -0.640. The van der Waals surface area contributed by atoms with Crippen molar-refractivity contribution in [2.45, 2.75) is 24.0 Å². The van der Waals surface area contributed by atoms with Gasteiger partial charge in [0.15, 0.2) is 0 Å². The number of carbonyl (C=O) groups is 1. The summed E-state index contributed by atoms with van der Waals surface area (Å²) in [5, 5.41) is 24.2. The van der Waals surface area contributed by atoms with Gasteiger partial charge in [-0.2, -0.15) is 0 Å². The molecule has 2 aromatic carbocycles. The van der Waals surface area contributed by atoms with E-state index in [1.54, 1.807) is 23.1 Å². The number of rotatable bonds is 4. The minimum absolute atomic E-state index is 0.0226. The highest BCUT2D eigenvalue weighted by Gasteiger charge is 2.70. The van der Waals surface area contributed by atoms with E-state index < -0.39 is 33.1 Å². The van der Waals surface area contributed by atoms with Gasteiger partial charge in [0.1, 0.15) is 6.42 Å². The summed E-state index contributed by atoms with van der Waals surface area (Å²) in [6.07, 6.45) is -0.416. The Hall–Kier alpha value is -3.13. The highest BCUT2D eigenvalue weighted by Crippen LogP contribution is 2.47. The molecule has 8 nitrogen and oxygen atoms in total. The van der Waals surface area contributed by atoms with Gasteiger partial charge in [0.2, 0.25) is 5.78 Å². The predicted octanol–water partition coefficient (Wildman–Crippen LogP) is 2.28. The number of Topliss-reactive ketones (excluding diaryl/α,β-unsaturated/α-hetero) is 1. The first-order chi connectivity index (χ1) is 12.9. The van der Waals surface area contributed by atoms with Crippen molar-refractivity contribution < 1.29 is 14.6 Å². The van der Waals surface area contributed by atoms with Gasteiger partial charge in [0, 0.05) is 27.5 Å². The molecule has 0 spiro atoms. The fourth-order valence-corrected chi connectivity index (χ4v) is 4.44. The van der Waals surface area contributed by atoms with Crippen LogP contribution in [-0.4, -0.2) is 39.2 Å². The van der Waals surface area contributed by atoms with Crippen molar-refractivity contribution in [2.24, 2.45) is 0 Å². The number of nitrogens with zero attached hydrogens (tertiary/aromatic N) is 3. The minimum Gasteiger partial charge on any atom is -0.286 e. The molecule has 1 fully saturated rings. The van der Waals surface area contributed by atoms with E-state index in [2.05, 4.69) is 0 Å². The number of ketones is 1. The van der Waals surface area contributed by atoms with Crippen molar-refractivity contribution >= 4 is 5.78 Å². The molecule has 0 amide bonds. The molecule has 1 saturated heterocycles. The Morgan fingerprint density at radius 2 is 1.48 bits per heavy atom. The van der Waals surface area contributed by atoms with Crippen molar-refractivity contribution in [1.82, 2.24) is 4.90 Å². The number of piperidine rings is 1. The normalized spacial score (nSPS) is 27.0. The topological polar surface area (TPSA) is 107 Å². The van der Waals surface area contributed by atoms with Gasteiger partial charge in [-0.25, -0.2) is 0 Å². The Labute approximate surface area is 154 Å². The van der Waals surface area contributed by atoms with E-state index in [9.17, 15) is 25.0 Å². The first kappa shape index (κ1) is 17.3. The number of hydrogen-bond donors (Lipinski definition) is 0. The van der Waals surface area contributed by atoms with Crippen LogP contribution in [0.25, 0.3) is 0 Å². The maximum Gasteiger partial charge on any atom is 0.303 e. The lowest BCUT2D eigenvalue weighted by Crippen LogP contribution is -2.69. The van der Waals surface area contributed by atoms with Gasteiger partial charge >= 0.3 is 5.54 Å². The van der Waals surface area contributed by atoms with Gasteiger partial charge < -0.3 is 0 Å². The van der Waals surface area contributed by atoms with Gasteiger partial charge in [-0.1, -0.05) is 54.6 Å². The van der Waals surface area contributed by atoms with Crippen LogP contribution in [0.2, 0.25) is 0 Å². The van der Waals surface area contributed by atoms with Crippen LogP contribution in [-0.2, 0) is 12.1 Å². The zero-order valence-corrected chi connectivity index (χ0v) is 14.4. The molecule has 4 rings (SSSR count). The number of hydrogen-bond acceptors (Lipinski definition) is 6. The van der Waals surface area contributed by atoms with Crippen LogP contribution in [0.5, 0.6) is 0 Å². The average Bonchev–Trinajstić information content (AvgIpc) is 2.66. The maximum absolute atomic E-state index is 13.1. The molecule has 2 unspecified atom stereocenters. The average molecular weight is 367 g/mol. The van der Waals surface area contributed by atoms with Gasteiger partial charge in [-0.05, 0) is 5.56 Å². The second-order valence-electron chi connectivity index (χ2n) is 7.26. The molecular weight excluding hydrogens is 350 g/mol. The lowest BCUT2D eigenvalue weighted by Gasteiger charge is -2.45. The second-order valence-corrected chi connectivity index (χ2v) is 7.26. The van der Waals surface area contributed by atoms with Crippen LogP contribution in [0.1, 0.15) is 27.9 Å². The van der Waals surface area contributed by atoms with Crippen LogP contribution < -0.4 is 0 Å². The van der Waals surface area contributed by atoms with Crippen LogP contribution in [0.3, 0.4) is 0 Å². The van der Waals surface area contributed by atoms with Crippen LogP contribution in [0, 0.1) is 20.2 Å². The van der Waals surface area contributed by atoms with E-state index in [1.165, 1.54) is 6.07 Å². The Bertz CT molecular complexity index is 947. The maximum atomic E-state index is 13.1. The summed E-state index contributed by atoms with van der Waals surface area (Å²) in [6, 6.07) is 15.5. The molecular formula is C19H17N3O5. The molecule has 1 heterocycles. The lowest BCUT2D eigenvalue weighted by atomic mass is 9.64. The number of likely N-dealkylation sites (tertiary alicyclic amines) is 1. The molecule has 138 valence electrons. The summed E-state index contributed by atoms with van der Waals surface area (Å²) >= 11 is 0. The zero-order valence-electron chi connectivity index (χ0n) is 14.4. The molecule has 0 aromatic heterocycles. The first-order valence-electron chi connectivity index (χ1n) is 8.59. The predicted molar refractivity (Wildman–Crippen MR) is 95.5 cm³/mol. The number of nitro groups is 2. The molecule has 27 heavy (non-hydrogen) atoms. The third-order valence-corrected chi connectivity index (χ3v) is 5.60. The standard InChI is InChI=1S/C19H17N3O5/c23-17-15-8-4-5-9-16(15)18(21(24)25)11-19(17,22(26)27)13-20(12-18)10-14-6-2-1-3-7-14/h1-9H,10-13H2. The largest absolute Gasteiger partial charge is 0.303 e. The Balaban J connectivity index is 1.87. The highest BCUT2D eigenvalue weighted by atomic mass is 16.6. The quantitative estimate of drug-likeness (QED) is 0.606. The molecule has 0 radical (unpaired) electrons. The summed E-state index contributed by atoms with van der Waals surface area (Å²) in [6.45, 7) is 0.188. The molecule has 0 saturated carbocycles. The zero-order chi connectivity index (χ0) is 19.2. The van der Waals surface area contributed by atoms with Crippen molar-refractivity contribution in [2.75, 3.05) is 13.1 Å². The molecule has 8 heteroatoms. The van der Waals surface area contributed by atoms with Crippen molar-refractivity contribution in [3.63, 3.8) is 0 Å². The third-order valence-electron chi connectivity index (χ3n) is 5.60. The first-order valence-corrected chi connectivity index (χ1v) is 8.59. The van der Waals surface area contributed by atoms with Gasteiger partial charge in [0.05, 0.1) is 13.1 Å². The number of fused-ring (bicyclic) bond motifs is 4. The van der Waals surface area contributed by atoms with Crippen molar-refractivity contribution in [3.8, 4) is 0 Å². The monoisotopic (exact) mass is 367 g/mol. The summed E-state index contributed by atoms with van der Waals surface area (Å²) in [7, 11) is 0. The van der Waals surface area contributed by atoms with Crippen LogP contribution >= 0.6 is 0 Å². The Kier molecular flexibility index (Phi) is 3.81. The lowest BCUT2D eigenvalue weighted by molar-refractivity contribution is -0.623. The molecule has 0 N–H and O–H groups in total. The van der Waals surface area contributed by atoms with Crippen LogP contribution in [0.15, 0.2) is 54.6 Å². The van der Waals surface area contributed by atoms with Gasteiger partial charge in [0.25, 0.3) is 5.54 Å². The Morgan fingerprint density at radius 3 is 2.15 bits per heavy atom. The van der Waals surface area contributed by atoms with E-state index in [-0.39, 0.29) is 24.2 Å². The second kappa shape index (κ2) is 5.95. The molecule has 2 bridgehead atoms. The molecule has 1 aliphatic heterocycles. The van der Waals surface area contributed by atoms with Crippen molar-refractivity contribution in [3.05, 3.63) is 91.5 Å².